The topological polar surface area (TPSA) is 63.3 Å². The fourth-order valence-electron chi connectivity index (χ4n) is 1.41. The van der Waals surface area contributed by atoms with Gasteiger partial charge in [-0.1, -0.05) is 39.0 Å². The Labute approximate surface area is 86.7 Å². The Morgan fingerprint density at radius 3 is 2.36 bits per heavy atom. The van der Waals surface area contributed by atoms with E-state index in [9.17, 15) is 9.90 Å². The first kappa shape index (κ1) is 13.6. The van der Waals surface area contributed by atoms with E-state index in [1.165, 1.54) is 26.2 Å². The van der Waals surface area contributed by atoms with E-state index in [1.54, 1.807) is 0 Å². The maximum atomic E-state index is 10.8. The first-order valence-corrected chi connectivity index (χ1v) is 5.53. The number of aliphatic hydroxyl groups is 1. The van der Waals surface area contributed by atoms with Gasteiger partial charge in [0.2, 0.25) is 0 Å². The Morgan fingerprint density at radius 1 is 1.29 bits per heavy atom. The Balaban J connectivity index is 3.43. The molecule has 0 aromatic heterocycles. The number of ketones is 1. The maximum absolute atomic E-state index is 10.8. The van der Waals surface area contributed by atoms with E-state index in [1.807, 2.05) is 0 Å². The minimum absolute atomic E-state index is 0.133. The van der Waals surface area contributed by atoms with Crippen LogP contribution in [0.15, 0.2) is 0 Å². The highest BCUT2D eigenvalue weighted by molar-refractivity contribution is 5.81. The molecule has 0 aliphatic heterocycles. The van der Waals surface area contributed by atoms with Crippen LogP contribution >= 0.6 is 0 Å². The second-order valence-corrected chi connectivity index (χ2v) is 3.91. The third-order valence-corrected chi connectivity index (χ3v) is 2.49. The molecular formula is C11H23NO2. The lowest BCUT2D eigenvalue weighted by atomic mass is 10.0. The predicted octanol–water partition coefficient (Wildman–Crippen LogP) is 1.62. The van der Waals surface area contributed by atoms with Crippen molar-refractivity contribution in [2.45, 2.75) is 64.5 Å². The minimum Gasteiger partial charge on any atom is -0.391 e. The van der Waals surface area contributed by atoms with E-state index in [-0.39, 0.29) is 5.78 Å². The molecule has 3 heteroatoms. The highest BCUT2D eigenvalue weighted by Gasteiger charge is 2.17. The number of hydrogen-bond donors (Lipinski definition) is 2. The molecule has 84 valence electrons. The van der Waals surface area contributed by atoms with Crippen molar-refractivity contribution in [1.82, 2.24) is 0 Å². The van der Waals surface area contributed by atoms with Crippen LogP contribution in [0.4, 0.5) is 0 Å². The molecule has 0 unspecified atom stereocenters. The summed E-state index contributed by atoms with van der Waals surface area (Å²) in [4.78, 5) is 10.8. The molecule has 0 radical (unpaired) electrons. The fraction of sp³-hybridized carbons (Fsp3) is 0.909. The van der Waals surface area contributed by atoms with E-state index in [0.717, 1.165) is 12.8 Å². The summed E-state index contributed by atoms with van der Waals surface area (Å²) in [6.45, 7) is 3.59. The van der Waals surface area contributed by atoms with E-state index in [4.69, 9.17) is 5.73 Å². The van der Waals surface area contributed by atoms with Crippen molar-refractivity contribution in [3.05, 3.63) is 0 Å². The van der Waals surface area contributed by atoms with Gasteiger partial charge in [-0.25, -0.2) is 0 Å². The molecule has 0 rings (SSSR count). The molecular weight excluding hydrogens is 178 g/mol. The van der Waals surface area contributed by atoms with Crippen molar-refractivity contribution >= 4 is 5.78 Å². The highest BCUT2D eigenvalue weighted by Crippen LogP contribution is 2.08. The standard InChI is InChI=1S/C11H23NO2/c1-3-4-5-6-7-8-10(14)11(12)9(2)13/h10-11,14H,3-8,12H2,1-2H3/t10-,11-/m1/s1. The largest absolute Gasteiger partial charge is 0.391 e. The Hall–Kier alpha value is -0.410. The second kappa shape index (κ2) is 7.94. The minimum atomic E-state index is -0.693. The molecule has 0 aromatic rings. The van der Waals surface area contributed by atoms with E-state index in [2.05, 4.69) is 6.92 Å². The van der Waals surface area contributed by atoms with Gasteiger partial charge in [-0.3, -0.25) is 4.79 Å². The van der Waals surface area contributed by atoms with Gasteiger partial charge in [0, 0.05) is 0 Å². The van der Waals surface area contributed by atoms with E-state index >= 15 is 0 Å². The molecule has 0 fully saturated rings. The third-order valence-electron chi connectivity index (χ3n) is 2.49. The van der Waals surface area contributed by atoms with Gasteiger partial charge in [0.15, 0.2) is 0 Å². The zero-order valence-electron chi connectivity index (χ0n) is 9.33. The van der Waals surface area contributed by atoms with Crippen molar-refractivity contribution < 1.29 is 9.90 Å². The Bertz CT molecular complexity index is 159. The van der Waals surface area contributed by atoms with Crippen LogP contribution in [-0.2, 0) is 4.79 Å². The molecule has 0 aromatic carbocycles. The zero-order valence-corrected chi connectivity index (χ0v) is 9.33. The van der Waals surface area contributed by atoms with Crippen LogP contribution in [0.2, 0.25) is 0 Å². The normalized spacial score (nSPS) is 15.1. The van der Waals surface area contributed by atoms with Gasteiger partial charge in [-0.15, -0.1) is 0 Å². The lowest BCUT2D eigenvalue weighted by Gasteiger charge is -2.15. The van der Waals surface area contributed by atoms with Crippen LogP contribution in [0.5, 0.6) is 0 Å². The van der Waals surface area contributed by atoms with Crippen LogP contribution in [0.3, 0.4) is 0 Å². The van der Waals surface area contributed by atoms with Crippen molar-refractivity contribution in [3.8, 4) is 0 Å². The van der Waals surface area contributed by atoms with Gasteiger partial charge in [-0.2, -0.15) is 0 Å². The molecule has 0 amide bonds. The molecule has 0 saturated carbocycles. The summed E-state index contributed by atoms with van der Waals surface area (Å²) in [5.41, 5.74) is 5.50. The van der Waals surface area contributed by atoms with Crippen molar-refractivity contribution in [3.63, 3.8) is 0 Å². The van der Waals surface area contributed by atoms with Crippen molar-refractivity contribution in [2.75, 3.05) is 0 Å². The summed E-state index contributed by atoms with van der Waals surface area (Å²) < 4.78 is 0. The molecule has 3 N–H and O–H groups in total. The number of rotatable bonds is 8. The monoisotopic (exact) mass is 201 g/mol. The molecule has 0 spiro atoms. The van der Waals surface area contributed by atoms with Crippen LogP contribution in [-0.4, -0.2) is 23.0 Å². The van der Waals surface area contributed by atoms with E-state index < -0.39 is 12.1 Å². The zero-order chi connectivity index (χ0) is 11.0. The van der Waals surface area contributed by atoms with Gasteiger partial charge in [0.1, 0.15) is 5.78 Å². The lowest BCUT2D eigenvalue weighted by molar-refractivity contribution is -0.120. The first-order chi connectivity index (χ1) is 6.59. The summed E-state index contributed by atoms with van der Waals surface area (Å²) in [5, 5.41) is 9.50. The third kappa shape index (κ3) is 6.11. The Morgan fingerprint density at radius 2 is 1.86 bits per heavy atom. The average Bonchev–Trinajstić information content (AvgIpc) is 2.16. The summed E-state index contributed by atoms with van der Waals surface area (Å²) in [6, 6.07) is -0.693. The SMILES string of the molecule is CCCCCCC[C@@H](O)[C@H](N)C(C)=O. The second-order valence-electron chi connectivity index (χ2n) is 3.91. The summed E-state index contributed by atoms with van der Waals surface area (Å²) in [6.07, 6.45) is 5.74. The van der Waals surface area contributed by atoms with Crippen LogP contribution < -0.4 is 5.73 Å². The van der Waals surface area contributed by atoms with Gasteiger partial charge in [0.25, 0.3) is 0 Å². The number of nitrogens with two attached hydrogens (primary N) is 1. The van der Waals surface area contributed by atoms with Crippen LogP contribution in [0.25, 0.3) is 0 Å². The average molecular weight is 201 g/mol. The summed E-state index contributed by atoms with van der Waals surface area (Å²) in [7, 11) is 0. The predicted molar refractivity (Wildman–Crippen MR) is 58.0 cm³/mol. The van der Waals surface area contributed by atoms with Gasteiger partial charge >= 0.3 is 0 Å². The fourth-order valence-corrected chi connectivity index (χ4v) is 1.41. The van der Waals surface area contributed by atoms with Gasteiger partial charge < -0.3 is 10.8 Å². The molecule has 0 heterocycles. The number of Topliss-reactive ketones (excluding diaryl/α,β-unsaturated/α-hetero) is 1. The molecule has 3 nitrogen and oxygen atoms in total. The molecule has 2 atom stereocenters. The van der Waals surface area contributed by atoms with Gasteiger partial charge in [-0.05, 0) is 13.3 Å². The van der Waals surface area contributed by atoms with E-state index in [0.29, 0.717) is 6.42 Å². The lowest BCUT2D eigenvalue weighted by Crippen LogP contribution is -2.40. The molecule has 14 heavy (non-hydrogen) atoms. The number of carbonyl (C=O) groups is 1. The number of aliphatic hydroxyl groups excluding tert-OH is 1. The number of hydrogen-bond acceptors (Lipinski definition) is 3. The summed E-state index contributed by atoms with van der Waals surface area (Å²) >= 11 is 0. The molecule has 0 bridgehead atoms. The quantitative estimate of drug-likeness (QED) is 0.587. The smallest absolute Gasteiger partial charge is 0.149 e. The highest BCUT2D eigenvalue weighted by atomic mass is 16.3. The molecule has 0 aliphatic rings. The first-order valence-electron chi connectivity index (χ1n) is 5.53. The van der Waals surface area contributed by atoms with Gasteiger partial charge in [0.05, 0.1) is 12.1 Å². The summed E-state index contributed by atoms with van der Waals surface area (Å²) in [5.74, 6) is -0.133. The van der Waals surface area contributed by atoms with Crippen LogP contribution in [0.1, 0.15) is 52.4 Å². The number of carbonyl (C=O) groups excluding carboxylic acids is 1. The molecule has 0 saturated heterocycles. The number of unbranched alkanes of at least 4 members (excludes halogenated alkanes) is 4. The maximum Gasteiger partial charge on any atom is 0.149 e. The van der Waals surface area contributed by atoms with Crippen molar-refractivity contribution in [1.29, 1.82) is 0 Å². The van der Waals surface area contributed by atoms with Crippen LogP contribution in [0, 0.1) is 0 Å². The molecule has 0 aliphatic carbocycles. The van der Waals surface area contributed by atoms with Crippen molar-refractivity contribution in [2.24, 2.45) is 5.73 Å². The Kier molecular flexibility index (Phi) is 7.71.